The number of amides is 1. The highest BCUT2D eigenvalue weighted by Gasteiger charge is 2.45. The van der Waals surface area contributed by atoms with Crippen molar-refractivity contribution in [2.75, 3.05) is 6.54 Å². The van der Waals surface area contributed by atoms with Crippen LogP contribution in [0.1, 0.15) is 52.9 Å². The Morgan fingerprint density at radius 3 is 2.28 bits per heavy atom. The van der Waals surface area contributed by atoms with Gasteiger partial charge in [-0.15, -0.1) is 0 Å². The van der Waals surface area contributed by atoms with Gasteiger partial charge in [-0.05, 0) is 32.1 Å². The first-order valence-corrected chi connectivity index (χ1v) is 6.86. The van der Waals surface area contributed by atoms with Crippen LogP contribution in [0.25, 0.3) is 0 Å². The number of hydrogen-bond acceptors (Lipinski definition) is 3. The summed E-state index contributed by atoms with van der Waals surface area (Å²) in [7, 11) is 0. The molecule has 1 saturated carbocycles. The van der Waals surface area contributed by atoms with Crippen molar-refractivity contribution < 1.29 is 10.0 Å². The normalized spacial score (nSPS) is 16.7. The summed E-state index contributed by atoms with van der Waals surface area (Å²) in [6.45, 7) is 6.64. The van der Waals surface area contributed by atoms with Crippen molar-refractivity contribution >= 4 is 11.7 Å². The molecular weight excluding hydrogens is 230 g/mol. The summed E-state index contributed by atoms with van der Waals surface area (Å²) in [5, 5.41) is 12.0. The third-order valence-corrected chi connectivity index (χ3v) is 3.93. The maximum Gasteiger partial charge on any atom is 0.236 e. The Balaban J connectivity index is 3.00. The van der Waals surface area contributed by atoms with Gasteiger partial charge in [0, 0.05) is 12.6 Å². The molecule has 0 spiro atoms. The van der Waals surface area contributed by atoms with Crippen molar-refractivity contribution in [2.45, 2.75) is 58.9 Å². The van der Waals surface area contributed by atoms with Gasteiger partial charge in [-0.25, -0.2) is 0 Å². The summed E-state index contributed by atoms with van der Waals surface area (Å²) in [6, 6.07) is 0.362. The number of oxime groups is 1. The van der Waals surface area contributed by atoms with Crippen LogP contribution in [-0.2, 0) is 4.79 Å². The molecule has 0 bridgehead atoms. The van der Waals surface area contributed by atoms with E-state index in [4.69, 9.17) is 10.9 Å². The van der Waals surface area contributed by atoms with E-state index >= 15 is 0 Å². The van der Waals surface area contributed by atoms with E-state index in [0.29, 0.717) is 18.9 Å². The second kappa shape index (κ2) is 6.07. The highest BCUT2D eigenvalue weighted by atomic mass is 16.4. The van der Waals surface area contributed by atoms with Crippen molar-refractivity contribution in [2.24, 2.45) is 16.3 Å². The SMILES string of the molecule is CCCN(C(=O)C(CC)(CC)C(N)=NO)C1CC1. The Bertz CT molecular complexity index is 320. The van der Waals surface area contributed by atoms with E-state index < -0.39 is 5.41 Å². The first kappa shape index (κ1) is 14.8. The van der Waals surface area contributed by atoms with E-state index in [1.54, 1.807) is 0 Å². The van der Waals surface area contributed by atoms with Crippen LogP contribution in [0.15, 0.2) is 5.16 Å². The molecule has 0 aromatic carbocycles. The highest BCUT2D eigenvalue weighted by molar-refractivity contribution is 6.06. The maximum atomic E-state index is 12.8. The molecule has 18 heavy (non-hydrogen) atoms. The first-order chi connectivity index (χ1) is 8.57. The zero-order chi connectivity index (χ0) is 13.8. The molecule has 0 saturated heterocycles. The number of carbonyl (C=O) groups is 1. The lowest BCUT2D eigenvalue weighted by molar-refractivity contribution is -0.139. The Labute approximate surface area is 109 Å². The zero-order valence-electron chi connectivity index (χ0n) is 11.6. The summed E-state index contributed by atoms with van der Waals surface area (Å²) in [4.78, 5) is 14.7. The minimum atomic E-state index is -0.841. The van der Waals surface area contributed by atoms with Gasteiger partial charge >= 0.3 is 0 Å². The molecule has 1 aliphatic carbocycles. The molecule has 0 heterocycles. The van der Waals surface area contributed by atoms with Crippen LogP contribution >= 0.6 is 0 Å². The number of carbonyl (C=O) groups excluding carboxylic acids is 1. The molecule has 0 unspecified atom stereocenters. The van der Waals surface area contributed by atoms with Crippen molar-refractivity contribution in [3.63, 3.8) is 0 Å². The van der Waals surface area contributed by atoms with Crippen LogP contribution in [-0.4, -0.2) is 34.4 Å². The molecule has 1 rings (SSSR count). The minimum Gasteiger partial charge on any atom is -0.409 e. The van der Waals surface area contributed by atoms with E-state index in [9.17, 15) is 4.79 Å². The van der Waals surface area contributed by atoms with E-state index in [-0.39, 0.29) is 11.7 Å². The van der Waals surface area contributed by atoms with E-state index in [2.05, 4.69) is 12.1 Å². The molecule has 104 valence electrons. The van der Waals surface area contributed by atoms with Gasteiger partial charge in [-0.3, -0.25) is 4.79 Å². The van der Waals surface area contributed by atoms with Crippen LogP contribution in [0, 0.1) is 5.41 Å². The fourth-order valence-corrected chi connectivity index (χ4v) is 2.47. The molecule has 0 radical (unpaired) electrons. The standard InChI is InChI=1S/C13H25N3O2/c1-4-9-16(10-7-8-10)12(17)13(5-2,6-3)11(14)15-18/h10,18H,4-9H2,1-3H3,(H2,14,15). The van der Waals surface area contributed by atoms with Crippen LogP contribution < -0.4 is 5.73 Å². The smallest absolute Gasteiger partial charge is 0.236 e. The molecule has 0 atom stereocenters. The number of nitrogens with zero attached hydrogens (tertiary/aromatic N) is 2. The van der Waals surface area contributed by atoms with Crippen LogP contribution in [0.2, 0.25) is 0 Å². The summed E-state index contributed by atoms with van der Waals surface area (Å²) in [6.07, 6.45) is 4.20. The van der Waals surface area contributed by atoms with E-state index in [1.807, 2.05) is 18.7 Å². The van der Waals surface area contributed by atoms with Crippen LogP contribution in [0.4, 0.5) is 0 Å². The van der Waals surface area contributed by atoms with Gasteiger partial charge in [0.25, 0.3) is 0 Å². The Kier molecular flexibility index (Phi) is 4.99. The monoisotopic (exact) mass is 255 g/mol. The van der Waals surface area contributed by atoms with Gasteiger partial charge in [0.2, 0.25) is 5.91 Å². The van der Waals surface area contributed by atoms with E-state index in [1.165, 1.54) is 0 Å². The predicted octanol–water partition coefficient (Wildman–Crippen LogP) is 1.94. The predicted molar refractivity (Wildman–Crippen MR) is 71.4 cm³/mol. The van der Waals surface area contributed by atoms with Gasteiger partial charge in [-0.2, -0.15) is 0 Å². The van der Waals surface area contributed by atoms with Gasteiger partial charge < -0.3 is 15.8 Å². The fourth-order valence-electron chi connectivity index (χ4n) is 2.47. The third-order valence-electron chi connectivity index (χ3n) is 3.93. The quantitative estimate of drug-likeness (QED) is 0.316. The van der Waals surface area contributed by atoms with E-state index in [0.717, 1.165) is 25.8 Å². The summed E-state index contributed by atoms with van der Waals surface area (Å²) in [5.41, 5.74) is 4.94. The molecule has 1 amide bonds. The molecule has 0 aromatic heterocycles. The van der Waals surface area contributed by atoms with Gasteiger partial charge in [0.1, 0.15) is 5.41 Å². The second-order valence-electron chi connectivity index (χ2n) is 5.00. The third kappa shape index (κ3) is 2.60. The Hall–Kier alpha value is -1.26. The Morgan fingerprint density at radius 2 is 1.94 bits per heavy atom. The summed E-state index contributed by atoms with van der Waals surface area (Å²) in [5.74, 6) is 0.0615. The van der Waals surface area contributed by atoms with Gasteiger partial charge in [-0.1, -0.05) is 25.9 Å². The average molecular weight is 255 g/mol. The lowest BCUT2D eigenvalue weighted by Crippen LogP contribution is -2.51. The first-order valence-electron chi connectivity index (χ1n) is 6.86. The molecule has 5 heteroatoms. The summed E-state index contributed by atoms with van der Waals surface area (Å²) < 4.78 is 0. The highest BCUT2D eigenvalue weighted by Crippen LogP contribution is 2.35. The van der Waals surface area contributed by atoms with Crippen molar-refractivity contribution in [3.8, 4) is 0 Å². The molecule has 0 aliphatic heterocycles. The van der Waals surface area contributed by atoms with Gasteiger partial charge in [0.05, 0.1) is 0 Å². The fraction of sp³-hybridized carbons (Fsp3) is 0.846. The number of rotatable bonds is 7. The van der Waals surface area contributed by atoms with Crippen molar-refractivity contribution in [3.05, 3.63) is 0 Å². The molecule has 1 fully saturated rings. The number of nitrogens with two attached hydrogens (primary N) is 1. The molecule has 0 aromatic rings. The molecule has 3 N–H and O–H groups in total. The maximum absolute atomic E-state index is 12.8. The topological polar surface area (TPSA) is 78.9 Å². The number of hydrogen-bond donors (Lipinski definition) is 2. The van der Waals surface area contributed by atoms with Crippen molar-refractivity contribution in [1.29, 1.82) is 0 Å². The molecule has 1 aliphatic rings. The Morgan fingerprint density at radius 1 is 1.39 bits per heavy atom. The average Bonchev–Trinajstić information content (AvgIpc) is 3.21. The van der Waals surface area contributed by atoms with Crippen LogP contribution in [0.5, 0.6) is 0 Å². The number of amidine groups is 1. The molecular formula is C13H25N3O2. The van der Waals surface area contributed by atoms with Crippen LogP contribution in [0.3, 0.4) is 0 Å². The summed E-state index contributed by atoms with van der Waals surface area (Å²) >= 11 is 0. The minimum absolute atomic E-state index is 0.0205. The zero-order valence-corrected chi connectivity index (χ0v) is 11.6. The lowest BCUT2D eigenvalue weighted by atomic mass is 9.79. The molecule has 5 nitrogen and oxygen atoms in total. The largest absolute Gasteiger partial charge is 0.409 e. The van der Waals surface area contributed by atoms with Crippen molar-refractivity contribution in [1.82, 2.24) is 4.90 Å². The lowest BCUT2D eigenvalue weighted by Gasteiger charge is -2.35. The second-order valence-corrected chi connectivity index (χ2v) is 5.00. The van der Waals surface area contributed by atoms with Gasteiger partial charge in [0.15, 0.2) is 5.84 Å².